The van der Waals surface area contributed by atoms with Crippen LogP contribution in [0.3, 0.4) is 0 Å². The summed E-state index contributed by atoms with van der Waals surface area (Å²) < 4.78 is 5.61. The van der Waals surface area contributed by atoms with Gasteiger partial charge in [0, 0.05) is 11.9 Å². The molecule has 0 saturated heterocycles. The van der Waals surface area contributed by atoms with Crippen molar-refractivity contribution in [2.75, 3.05) is 11.4 Å². The molecule has 0 saturated carbocycles. The molecule has 1 atom stereocenters. The summed E-state index contributed by atoms with van der Waals surface area (Å²) in [6.07, 6.45) is 0.0163. The van der Waals surface area contributed by atoms with Gasteiger partial charge in [-0.2, -0.15) is 0 Å². The summed E-state index contributed by atoms with van der Waals surface area (Å²) in [6, 6.07) is 5.31. The average Bonchev–Trinajstić information content (AvgIpc) is 2.17. The highest BCUT2D eigenvalue weighted by molar-refractivity contribution is 6.31. The minimum Gasteiger partial charge on any atom is -0.487 e. The second kappa shape index (κ2) is 3.74. The molecule has 1 aliphatic rings. The van der Waals surface area contributed by atoms with Gasteiger partial charge in [-0.25, -0.2) is 0 Å². The monoisotopic (exact) mass is 225 g/mol. The molecule has 15 heavy (non-hydrogen) atoms. The summed E-state index contributed by atoms with van der Waals surface area (Å²) in [6.45, 7) is 4.05. The molecule has 0 bridgehead atoms. The van der Waals surface area contributed by atoms with E-state index < -0.39 is 0 Å². The van der Waals surface area contributed by atoms with Gasteiger partial charge in [0.2, 0.25) is 5.91 Å². The molecule has 3 nitrogen and oxygen atoms in total. The first-order valence-corrected chi connectivity index (χ1v) is 5.20. The van der Waals surface area contributed by atoms with E-state index in [-0.39, 0.29) is 12.0 Å². The first-order chi connectivity index (χ1) is 7.08. The number of rotatable bonds is 0. The van der Waals surface area contributed by atoms with Crippen LogP contribution in [-0.4, -0.2) is 18.6 Å². The maximum absolute atomic E-state index is 11.4. The Morgan fingerprint density at radius 1 is 1.60 bits per heavy atom. The molecule has 80 valence electrons. The Hall–Kier alpha value is -1.22. The molecule has 0 radical (unpaired) electrons. The second-order valence-electron chi connectivity index (χ2n) is 3.67. The molecule has 1 unspecified atom stereocenters. The van der Waals surface area contributed by atoms with E-state index in [9.17, 15) is 4.79 Å². The molecule has 2 rings (SSSR count). The van der Waals surface area contributed by atoms with E-state index in [1.54, 1.807) is 30.0 Å². The molecule has 4 heteroatoms. The van der Waals surface area contributed by atoms with Crippen LogP contribution in [0.25, 0.3) is 0 Å². The van der Waals surface area contributed by atoms with E-state index in [1.807, 2.05) is 6.92 Å². The minimum atomic E-state index is 0.00802. The maximum atomic E-state index is 11.4. The smallest absolute Gasteiger partial charge is 0.224 e. The third-order valence-corrected chi connectivity index (χ3v) is 2.59. The summed E-state index contributed by atoms with van der Waals surface area (Å²) in [7, 11) is 0. The zero-order valence-electron chi connectivity index (χ0n) is 8.66. The Labute approximate surface area is 93.6 Å². The van der Waals surface area contributed by atoms with Crippen molar-refractivity contribution in [2.45, 2.75) is 20.0 Å². The zero-order chi connectivity index (χ0) is 11.0. The lowest BCUT2D eigenvalue weighted by atomic mass is 10.2. The lowest BCUT2D eigenvalue weighted by molar-refractivity contribution is -0.117. The van der Waals surface area contributed by atoms with Crippen LogP contribution in [0.4, 0.5) is 5.69 Å². The van der Waals surface area contributed by atoms with E-state index in [0.717, 1.165) is 5.69 Å². The Kier molecular flexibility index (Phi) is 2.57. The number of ether oxygens (including phenoxy) is 1. The number of halogens is 1. The molecular weight excluding hydrogens is 214 g/mol. The quantitative estimate of drug-likeness (QED) is 0.679. The second-order valence-corrected chi connectivity index (χ2v) is 4.11. The molecule has 0 spiro atoms. The lowest BCUT2D eigenvalue weighted by Gasteiger charge is -2.32. The number of benzene rings is 1. The van der Waals surface area contributed by atoms with Gasteiger partial charge >= 0.3 is 0 Å². The first kappa shape index (κ1) is 10.3. The first-order valence-electron chi connectivity index (χ1n) is 4.82. The fourth-order valence-corrected chi connectivity index (χ4v) is 1.88. The van der Waals surface area contributed by atoms with Crippen LogP contribution in [0.15, 0.2) is 18.2 Å². The molecule has 0 aromatic heterocycles. The highest BCUT2D eigenvalue weighted by Gasteiger charge is 2.25. The Morgan fingerprint density at radius 2 is 2.33 bits per heavy atom. The summed E-state index contributed by atoms with van der Waals surface area (Å²) in [4.78, 5) is 13.1. The molecule has 0 N–H and O–H groups in total. The van der Waals surface area contributed by atoms with Gasteiger partial charge in [0.1, 0.15) is 11.9 Å². The molecular formula is C11H12ClNO2. The van der Waals surface area contributed by atoms with Crippen LogP contribution in [0.5, 0.6) is 5.75 Å². The Bertz CT molecular complexity index is 406. The van der Waals surface area contributed by atoms with E-state index in [4.69, 9.17) is 16.3 Å². The highest BCUT2D eigenvalue weighted by Crippen LogP contribution is 2.35. The predicted octanol–water partition coefficient (Wildman–Crippen LogP) is 2.47. The fourth-order valence-electron chi connectivity index (χ4n) is 1.71. The van der Waals surface area contributed by atoms with Crippen molar-refractivity contribution in [3.8, 4) is 5.75 Å². The van der Waals surface area contributed by atoms with Gasteiger partial charge in [0.05, 0.1) is 12.2 Å². The van der Waals surface area contributed by atoms with Gasteiger partial charge in [-0.3, -0.25) is 4.79 Å². The van der Waals surface area contributed by atoms with Gasteiger partial charge in [0.15, 0.2) is 0 Å². The number of nitrogens with zero attached hydrogens (tertiary/aromatic N) is 1. The molecule has 1 aromatic rings. The number of amides is 1. The Morgan fingerprint density at radius 3 is 3.00 bits per heavy atom. The van der Waals surface area contributed by atoms with Crippen LogP contribution >= 0.6 is 11.6 Å². The molecule has 1 aromatic carbocycles. The fraction of sp³-hybridized carbons (Fsp3) is 0.364. The third-order valence-electron chi connectivity index (χ3n) is 2.36. The number of hydrogen-bond acceptors (Lipinski definition) is 2. The third kappa shape index (κ3) is 1.92. The molecule has 0 fully saturated rings. The van der Waals surface area contributed by atoms with Crippen LogP contribution in [0, 0.1) is 0 Å². The largest absolute Gasteiger partial charge is 0.487 e. The van der Waals surface area contributed by atoms with E-state index in [2.05, 4.69) is 0 Å². The van der Waals surface area contributed by atoms with Crippen molar-refractivity contribution >= 4 is 23.2 Å². The average molecular weight is 226 g/mol. The predicted molar refractivity (Wildman–Crippen MR) is 59.6 cm³/mol. The van der Waals surface area contributed by atoms with Gasteiger partial charge in [0.25, 0.3) is 0 Å². The standard InChI is InChI=1S/C11H12ClNO2/c1-7-6-13(8(2)14)10-5-9(12)3-4-11(10)15-7/h3-5,7H,6H2,1-2H3. The van der Waals surface area contributed by atoms with E-state index in [0.29, 0.717) is 17.3 Å². The number of hydrogen-bond donors (Lipinski definition) is 0. The maximum Gasteiger partial charge on any atom is 0.224 e. The van der Waals surface area contributed by atoms with Crippen LogP contribution in [0.2, 0.25) is 5.02 Å². The lowest BCUT2D eigenvalue weighted by Crippen LogP contribution is -2.41. The van der Waals surface area contributed by atoms with Crippen molar-refractivity contribution in [3.63, 3.8) is 0 Å². The van der Waals surface area contributed by atoms with Crippen LogP contribution in [0.1, 0.15) is 13.8 Å². The van der Waals surface area contributed by atoms with Crippen LogP contribution in [-0.2, 0) is 4.79 Å². The van der Waals surface area contributed by atoms with Gasteiger partial charge in [-0.1, -0.05) is 11.6 Å². The highest BCUT2D eigenvalue weighted by atomic mass is 35.5. The van der Waals surface area contributed by atoms with Gasteiger partial charge in [-0.15, -0.1) is 0 Å². The summed E-state index contributed by atoms with van der Waals surface area (Å²) in [5, 5.41) is 0.609. The van der Waals surface area contributed by atoms with Crippen molar-refractivity contribution in [1.29, 1.82) is 0 Å². The summed E-state index contributed by atoms with van der Waals surface area (Å²) >= 11 is 5.89. The molecule has 1 amide bonds. The summed E-state index contributed by atoms with van der Waals surface area (Å²) in [5.41, 5.74) is 0.758. The van der Waals surface area contributed by atoms with Crippen molar-refractivity contribution in [3.05, 3.63) is 23.2 Å². The van der Waals surface area contributed by atoms with E-state index >= 15 is 0 Å². The van der Waals surface area contributed by atoms with Crippen molar-refractivity contribution < 1.29 is 9.53 Å². The number of carbonyl (C=O) groups is 1. The number of fused-ring (bicyclic) bond motifs is 1. The van der Waals surface area contributed by atoms with Crippen molar-refractivity contribution in [2.24, 2.45) is 0 Å². The molecule has 1 aliphatic heterocycles. The van der Waals surface area contributed by atoms with E-state index in [1.165, 1.54) is 0 Å². The van der Waals surface area contributed by atoms with Crippen molar-refractivity contribution in [1.82, 2.24) is 0 Å². The SMILES string of the molecule is CC(=O)N1CC(C)Oc2ccc(Cl)cc21. The van der Waals surface area contributed by atoms with Gasteiger partial charge < -0.3 is 9.64 Å². The molecule has 1 heterocycles. The van der Waals surface area contributed by atoms with Crippen LogP contribution < -0.4 is 9.64 Å². The number of carbonyl (C=O) groups excluding carboxylic acids is 1. The normalized spacial score (nSPS) is 19.4. The topological polar surface area (TPSA) is 29.5 Å². The number of anilines is 1. The van der Waals surface area contributed by atoms with Gasteiger partial charge in [-0.05, 0) is 25.1 Å². The summed E-state index contributed by atoms with van der Waals surface area (Å²) in [5.74, 6) is 0.724. The zero-order valence-corrected chi connectivity index (χ0v) is 9.41. The minimum absolute atomic E-state index is 0.00802. The molecule has 0 aliphatic carbocycles. The Balaban J connectivity index is 2.47.